The van der Waals surface area contributed by atoms with Gasteiger partial charge in [0.15, 0.2) is 0 Å². The van der Waals surface area contributed by atoms with E-state index in [-0.39, 0.29) is 5.82 Å². The van der Waals surface area contributed by atoms with E-state index >= 15 is 0 Å². The van der Waals surface area contributed by atoms with Crippen molar-refractivity contribution in [1.82, 2.24) is 4.98 Å². The van der Waals surface area contributed by atoms with Gasteiger partial charge in [-0.05, 0) is 24.1 Å². The summed E-state index contributed by atoms with van der Waals surface area (Å²) in [5.74, 6) is 0.394. The van der Waals surface area contributed by atoms with Gasteiger partial charge in [-0.15, -0.1) is 0 Å². The summed E-state index contributed by atoms with van der Waals surface area (Å²) < 4.78 is 12.6. The summed E-state index contributed by atoms with van der Waals surface area (Å²) in [6.45, 7) is 0.794. The Morgan fingerprint density at radius 3 is 2.56 bits per heavy atom. The van der Waals surface area contributed by atoms with E-state index in [1.54, 1.807) is 6.07 Å². The van der Waals surface area contributed by atoms with Crippen LogP contribution in [0, 0.1) is 5.82 Å². The average Bonchev–Trinajstić information content (AvgIpc) is 2.33. The van der Waals surface area contributed by atoms with Crippen molar-refractivity contribution in [3.8, 4) is 0 Å². The van der Waals surface area contributed by atoms with E-state index in [0.717, 1.165) is 13.0 Å². The lowest BCUT2D eigenvalue weighted by Gasteiger charge is -2.05. The summed E-state index contributed by atoms with van der Waals surface area (Å²) in [6.07, 6.45) is 2.14. The van der Waals surface area contributed by atoms with Crippen LogP contribution in [0.15, 0.2) is 48.7 Å². The highest BCUT2D eigenvalue weighted by Gasteiger charge is 1.95. The van der Waals surface area contributed by atoms with Gasteiger partial charge in [-0.2, -0.15) is 0 Å². The lowest BCUT2D eigenvalue weighted by atomic mass is 10.1. The van der Waals surface area contributed by atoms with Crippen molar-refractivity contribution in [2.75, 3.05) is 11.9 Å². The second-order valence-corrected chi connectivity index (χ2v) is 3.52. The average molecular weight is 216 g/mol. The minimum atomic E-state index is -0.311. The van der Waals surface area contributed by atoms with E-state index in [4.69, 9.17) is 0 Å². The van der Waals surface area contributed by atoms with Crippen molar-refractivity contribution in [2.45, 2.75) is 6.42 Å². The predicted molar refractivity (Wildman–Crippen MR) is 62.8 cm³/mol. The fraction of sp³-hybridized carbons (Fsp3) is 0.154. The third-order valence-corrected chi connectivity index (χ3v) is 2.29. The Kier molecular flexibility index (Phi) is 3.49. The van der Waals surface area contributed by atoms with Gasteiger partial charge >= 0.3 is 0 Å². The van der Waals surface area contributed by atoms with Crippen molar-refractivity contribution in [2.24, 2.45) is 0 Å². The maximum Gasteiger partial charge on any atom is 0.141 e. The van der Waals surface area contributed by atoms with E-state index < -0.39 is 0 Å². The minimum Gasteiger partial charge on any atom is -0.370 e. The van der Waals surface area contributed by atoms with Crippen molar-refractivity contribution in [3.63, 3.8) is 0 Å². The first-order valence-corrected chi connectivity index (χ1v) is 5.24. The molecule has 3 heteroatoms. The monoisotopic (exact) mass is 216 g/mol. The molecule has 1 aromatic heterocycles. The van der Waals surface area contributed by atoms with Crippen molar-refractivity contribution in [1.29, 1.82) is 0 Å². The Morgan fingerprint density at radius 1 is 1.06 bits per heavy atom. The molecule has 0 spiro atoms. The van der Waals surface area contributed by atoms with Gasteiger partial charge in [0.25, 0.3) is 0 Å². The quantitative estimate of drug-likeness (QED) is 0.850. The van der Waals surface area contributed by atoms with Crippen LogP contribution in [0.4, 0.5) is 10.2 Å². The van der Waals surface area contributed by atoms with Gasteiger partial charge in [0, 0.05) is 6.54 Å². The standard InChI is InChI=1S/C13H13FN2/c14-12-6-7-13(16-10-12)15-9-8-11-4-2-1-3-5-11/h1-7,10H,8-9H2,(H,15,16). The molecule has 0 fully saturated rings. The van der Waals surface area contributed by atoms with Gasteiger partial charge in [-0.25, -0.2) is 9.37 Å². The van der Waals surface area contributed by atoms with Gasteiger partial charge < -0.3 is 5.32 Å². The van der Waals surface area contributed by atoms with Crippen LogP contribution in [-0.2, 0) is 6.42 Å². The summed E-state index contributed by atoms with van der Waals surface area (Å²) >= 11 is 0. The maximum atomic E-state index is 12.6. The number of benzene rings is 1. The summed E-state index contributed by atoms with van der Waals surface area (Å²) in [4.78, 5) is 3.92. The largest absolute Gasteiger partial charge is 0.370 e. The molecular weight excluding hydrogens is 203 g/mol. The molecule has 1 N–H and O–H groups in total. The first kappa shape index (κ1) is 10.6. The first-order valence-electron chi connectivity index (χ1n) is 5.24. The Bertz CT molecular complexity index is 425. The Balaban J connectivity index is 1.82. The topological polar surface area (TPSA) is 24.9 Å². The first-order chi connectivity index (χ1) is 7.84. The molecule has 1 aromatic carbocycles. The van der Waals surface area contributed by atoms with Gasteiger partial charge in [-0.3, -0.25) is 0 Å². The third-order valence-electron chi connectivity index (χ3n) is 2.29. The molecule has 2 rings (SSSR count). The van der Waals surface area contributed by atoms with Crippen LogP contribution in [0.25, 0.3) is 0 Å². The molecule has 0 saturated carbocycles. The smallest absolute Gasteiger partial charge is 0.141 e. The molecule has 0 unspecified atom stereocenters. The van der Waals surface area contributed by atoms with E-state index in [0.29, 0.717) is 5.82 Å². The molecule has 0 atom stereocenters. The Hall–Kier alpha value is -1.90. The number of rotatable bonds is 4. The van der Waals surface area contributed by atoms with E-state index in [1.807, 2.05) is 18.2 Å². The summed E-state index contributed by atoms with van der Waals surface area (Å²) in [7, 11) is 0. The third kappa shape index (κ3) is 3.05. The highest BCUT2D eigenvalue weighted by atomic mass is 19.1. The van der Waals surface area contributed by atoms with Crippen LogP contribution >= 0.6 is 0 Å². The Morgan fingerprint density at radius 2 is 1.88 bits per heavy atom. The van der Waals surface area contributed by atoms with Crippen LogP contribution in [0.5, 0.6) is 0 Å². The molecule has 0 saturated heterocycles. The van der Waals surface area contributed by atoms with Crippen molar-refractivity contribution < 1.29 is 4.39 Å². The lowest BCUT2D eigenvalue weighted by molar-refractivity contribution is 0.621. The lowest BCUT2D eigenvalue weighted by Crippen LogP contribution is -2.06. The Labute approximate surface area is 94.2 Å². The molecule has 1 heterocycles. The molecule has 0 amide bonds. The minimum absolute atomic E-state index is 0.311. The molecule has 0 aliphatic carbocycles. The van der Waals surface area contributed by atoms with Gasteiger partial charge in [0.1, 0.15) is 11.6 Å². The zero-order chi connectivity index (χ0) is 11.2. The fourth-order valence-electron chi connectivity index (χ4n) is 1.46. The number of nitrogens with zero attached hydrogens (tertiary/aromatic N) is 1. The van der Waals surface area contributed by atoms with E-state index in [1.165, 1.54) is 17.8 Å². The van der Waals surface area contributed by atoms with Crippen LogP contribution in [-0.4, -0.2) is 11.5 Å². The van der Waals surface area contributed by atoms with Gasteiger partial charge in [0.2, 0.25) is 0 Å². The summed E-state index contributed by atoms with van der Waals surface area (Å²) in [6, 6.07) is 13.2. The number of nitrogens with one attached hydrogen (secondary N) is 1. The molecule has 0 aliphatic heterocycles. The number of halogens is 1. The highest BCUT2D eigenvalue weighted by Crippen LogP contribution is 2.04. The second kappa shape index (κ2) is 5.26. The zero-order valence-electron chi connectivity index (χ0n) is 8.86. The van der Waals surface area contributed by atoms with Crippen LogP contribution < -0.4 is 5.32 Å². The molecule has 0 bridgehead atoms. The molecule has 2 aromatic rings. The maximum absolute atomic E-state index is 12.6. The summed E-state index contributed by atoms with van der Waals surface area (Å²) in [5, 5.41) is 3.14. The summed E-state index contributed by atoms with van der Waals surface area (Å²) in [5.41, 5.74) is 1.28. The van der Waals surface area contributed by atoms with Crippen molar-refractivity contribution >= 4 is 5.82 Å². The fourth-order valence-corrected chi connectivity index (χ4v) is 1.46. The number of aromatic nitrogens is 1. The number of anilines is 1. The number of hydrogen-bond donors (Lipinski definition) is 1. The normalized spacial score (nSPS) is 10.1. The molecule has 82 valence electrons. The second-order valence-electron chi connectivity index (χ2n) is 3.52. The number of hydrogen-bond acceptors (Lipinski definition) is 2. The van der Waals surface area contributed by atoms with E-state index in [2.05, 4.69) is 22.4 Å². The highest BCUT2D eigenvalue weighted by molar-refractivity contribution is 5.33. The zero-order valence-corrected chi connectivity index (χ0v) is 8.86. The van der Waals surface area contributed by atoms with Crippen LogP contribution in [0.3, 0.4) is 0 Å². The molecule has 0 aliphatic rings. The molecule has 16 heavy (non-hydrogen) atoms. The van der Waals surface area contributed by atoms with Gasteiger partial charge in [0.05, 0.1) is 6.20 Å². The SMILES string of the molecule is Fc1ccc(NCCc2ccccc2)nc1. The molecule has 2 nitrogen and oxygen atoms in total. The van der Waals surface area contributed by atoms with Crippen molar-refractivity contribution in [3.05, 3.63) is 60.0 Å². The van der Waals surface area contributed by atoms with Crippen LogP contribution in [0.2, 0.25) is 0 Å². The molecule has 0 radical (unpaired) electrons. The molecular formula is C13H13FN2. The van der Waals surface area contributed by atoms with E-state index in [9.17, 15) is 4.39 Å². The number of pyridine rings is 1. The van der Waals surface area contributed by atoms with Gasteiger partial charge in [-0.1, -0.05) is 30.3 Å². The predicted octanol–water partition coefficient (Wildman–Crippen LogP) is 2.88. The van der Waals surface area contributed by atoms with Crippen LogP contribution in [0.1, 0.15) is 5.56 Å².